The van der Waals surface area contributed by atoms with Gasteiger partial charge in [0.05, 0.1) is 41.0 Å². The summed E-state index contributed by atoms with van der Waals surface area (Å²) in [6, 6.07) is 31.3. The van der Waals surface area contributed by atoms with Crippen LogP contribution in [0.3, 0.4) is 0 Å². The molecule has 2 aliphatic carbocycles. The van der Waals surface area contributed by atoms with Gasteiger partial charge in [-0.05, 0) is 170 Å². The quantitative estimate of drug-likeness (QED) is 0.0830. The zero-order valence-electron chi connectivity index (χ0n) is 49.9. The molecule has 19 heteroatoms. The first kappa shape index (κ1) is 57.6. The second-order valence-electron chi connectivity index (χ2n) is 25.2. The number of benzene rings is 3. The van der Waals surface area contributed by atoms with E-state index in [1.807, 2.05) is 114 Å². The number of nitrogens with zero attached hydrogens (tertiary/aromatic N) is 9. The van der Waals surface area contributed by atoms with Gasteiger partial charge in [0.15, 0.2) is 5.65 Å². The number of aromatic nitrogens is 10. The summed E-state index contributed by atoms with van der Waals surface area (Å²) in [6.07, 6.45) is 21.1. The highest BCUT2D eigenvalue weighted by atomic mass is 32.2. The van der Waals surface area contributed by atoms with Gasteiger partial charge in [0.1, 0.15) is 16.8 Å². The molecule has 444 valence electrons. The van der Waals surface area contributed by atoms with Crippen LogP contribution in [0.25, 0.3) is 66.4 Å². The predicted molar refractivity (Wildman–Crippen MR) is 335 cm³/mol. The predicted octanol–water partition coefficient (Wildman–Crippen LogP) is 13.6. The van der Waals surface area contributed by atoms with Crippen molar-refractivity contribution in [3.63, 3.8) is 0 Å². The molecular weight excluding hydrogens is 1100 g/mol. The average molecular weight is 1180 g/mol. The first-order valence-electron chi connectivity index (χ1n) is 29.7. The molecule has 3 aromatic carbocycles. The number of aryl methyl sites for hydroxylation is 1. The smallest absolute Gasteiger partial charge is 0.419 e. The van der Waals surface area contributed by atoms with Gasteiger partial charge in [-0.3, -0.25) is 0 Å². The minimum absolute atomic E-state index is 0.194. The van der Waals surface area contributed by atoms with E-state index in [-0.39, 0.29) is 11.4 Å². The molecule has 0 saturated heterocycles. The van der Waals surface area contributed by atoms with Crippen LogP contribution in [0.2, 0.25) is 0 Å². The van der Waals surface area contributed by atoms with Gasteiger partial charge in [-0.1, -0.05) is 54.8 Å². The molecule has 8 aromatic heterocycles. The SMILES string of the molecule is Cc1ccc(S(=O)(=O)n2ccc3cc(-c4cn(Cc5ccc6cc(CN(CC7CCC7)C(=O)OC(C)(C)C)n(C(=O)OC(C)(C)C)c6c5)cn4)cnc32)cc1.c1cc2cc(-c3cn(Cc4ccc5cc(CNCC6CCC6)[nH]c5c4)cn3)cnc2[nH]1. The number of carbonyl (C=O) groups excluding carboxylic acids is 2. The molecule has 2 saturated carbocycles. The maximum Gasteiger partial charge on any atom is 0.419 e. The van der Waals surface area contributed by atoms with Crippen LogP contribution in [0.1, 0.15) is 108 Å². The fraction of sp³-hybridized carbons (Fsp3) is 0.343. The van der Waals surface area contributed by atoms with Crippen molar-refractivity contribution in [3.8, 4) is 22.5 Å². The van der Waals surface area contributed by atoms with E-state index in [2.05, 4.69) is 76.3 Å². The van der Waals surface area contributed by atoms with Crippen LogP contribution in [-0.2, 0) is 45.7 Å². The van der Waals surface area contributed by atoms with Gasteiger partial charge >= 0.3 is 12.2 Å². The third-order valence-electron chi connectivity index (χ3n) is 16.0. The molecule has 18 nitrogen and oxygen atoms in total. The van der Waals surface area contributed by atoms with E-state index in [4.69, 9.17) is 9.47 Å². The number of ether oxygens (including phenoxy) is 2. The molecular formula is C67H74N12O6S. The first-order chi connectivity index (χ1) is 41.2. The number of H-pyrrole nitrogens is 2. The maximum absolute atomic E-state index is 13.8. The summed E-state index contributed by atoms with van der Waals surface area (Å²) in [5.41, 5.74) is 10.2. The molecule has 0 aliphatic heterocycles. The first-order valence-corrected chi connectivity index (χ1v) is 31.1. The highest BCUT2D eigenvalue weighted by Gasteiger charge is 2.31. The Kier molecular flexibility index (Phi) is 15.8. The van der Waals surface area contributed by atoms with Crippen LogP contribution < -0.4 is 5.32 Å². The molecule has 2 fully saturated rings. The van der Waals surface area contributed by atoms with Gasteiger partial charge in [-0.25, -0.2) is 46.5 Å². The van der Waals surface area contributed by atoms with Gasteiger partial charge in [0, 0.05) is 108 Å². The highest BCUT2D eigenvalue weighted by Crippen LogP contribution is 2.32. The Morgan fingerprint density at radius 1 is 0.698 bits per heavy atom. The Morgan fingerprint density at radius 2 is 1.35 bits per heavy atom. The number of amides is 1. The Balaban J connectivity index is 0.000000196. The lowest BCUT2D eigenvalue weighted by atomic mass is 9.85. The Bertz CT molecular complexity index is 4370. The molecule has 0 bridgehead atoms. The van der Waals surface area contributed by atoms with Crippen LogP contribution in [0.4, 0.5) is 9.59 Å². The molecule has 0 atom stereocenters. The molecule has 8 heterocycles. The van der Waals surface area contributed by atoms with Gasteiger partial charge < -0.3 is 38.8 Å². The Labute approximate surface area is 500 Å². The maximum atomic E-state index is 13.8. The van der Waals surface area contributed by atoms with Crippen molar-refractivity contribution in [1.29, 1.82) is 0 Å². The molecule has 0 unspecified atom stereocenters. The van der Waals surface area contributed by atoms with Gasteiger partial charge in [0.25, 0.3) is 10.0 Å². The van der Waals surface area contributed by atoms with E-state index in [1.54, 1.807) is 52.3 Å². The summed E-state index contributed by atoms with van der Waals surface area (Å²) >= 11 is 0. The highest BCUT2D eigenvalue weighted by molar-refractivity contribution is 7.90. The number of nitrogens with one attached hydrogen (secondary N) is 3. The third-order valence-corrected chi connectivity index (χ3v) is 17.7. The van der Waals surface area contributed by atoms with Crippen molar-refractivity contribution in [3.05, 3.63) is 175 Å². The number of pyridine rings is 2. The standard InChI is InChI=1S/C42H48N6O6S.C25H26N6/c1-28-11-15-35(16-12-28)55(51,52)47-18-17-32-20-33(22-43-38(32)47)36-26-45(27-44-36)23-30-13-14-31-21-34(48(37(31)19-30)40(50)54-42(5,6)7)25-46(24-29-9-8-10-29)39(49)53-41(2,3)4;1-2-17(3-1)11-26-13-22-10-19-5-4-18(8-23(19)30-22)14-31-15-24(29-16-31)21-9-20-6-7-27-25(20)28-12-21/h11-22,26-27,29H,8-10,23-25H2,1-7H3;4-10,12,15-17,26,30H,1-3,11,13-14H2,(H,27,28). The fourth-order valence-electron chi connectivity index (χ4n) is 11.1. The van der Waals surface area contributed by atoms with Gasteiger partial charge in [0.2, 0.25) is 0 Å². The lowest BCUT2D eigenvalue weighted by Crippen LogP contribution is -2.41. The van der Waals surface area contributed by atoms with Crippen molar-refractivity contribution >= 4 is 66.1 Å². The van der Waals surface area contributed by atoms with Crippen LogP contribution in [-0.4, -0.2) is 97.4 Å². The summed E-state index contributed by atoms with van der Waals surface area (Å²) in [5.74, 6) is 1.29. The second kappa shape index (κ2) is 23.6. The van der Waals surface area contributed by atoms with Crippen LogP contribution >= 0.6 is 0 Å². The summed E-state index contributed by atoms with van der Waals surface area (Å²) in [5, 5.41) is 7.48. The average Bonchev–Trinajstić information content (AvgIpc) is 2.07. The van der Waals surface area contributed by atoms with Crippen LogP contribution in [0.5, 0.6) is 0 Å². The van der Waals surface area contributed by atoms with Crippen LogP contribution in [0.15, 0.2) is 152 Å². The minimum atomic E-state index is -3.82. The zero-order chi connectivity index (χ0) is 59.9. The molecule has 3 N–H and O–H groups in total. The summed E-state index contributed by atoms with van der Waals surface area (Å²) < 4.78 is 45.3. The monoisotopic (exact) mass is 1170 g/mol. The summed E-state index contributed by atoms with van der Waals surface area (Å²) in [4.78, 5) is 54.1. The van der Waals surface area contributed by atoms with Crippen molar-refractivity contribution in [2.75, 3.05) is 13.1 Å². The van der Waals surface area contributed by atoms with E-state index >= 15 is 0 Å². The topological polar surface area (TPSA) is 205 Å². The largest absolute Gasteiger partial charge is 0.444 e. The Morgan fingerprint density at radius 3 is 2.01 bits per heavy atom. The molecule has 86 heavy (non-hydrogen) atoms. The van der Waals surface area contributed by atoms with E-state index in [0.717, 1.165) is 89.2 Å². The van der Waals surface area contributed by atoms with Crippen molar-refractivity contribution in [2.45, 2.75) is 129 Å². The number of fused-ring (bicyclic) bond motifs is 4. The van der Waals surface area contributed by atoms with E-state index < -0.39 is 33.4 Å². The lowest BCUT2D eigenvalue weighted by Gasteiger charge is -2.33. The number of imidazole rings is 2. The van der Waals surface area contributed by atoms with Crippen molar-refractivity contribution in [1.82, 2.24) is 57.8 Å². The minimum Gasteiger partial charge on any atom is -0.444 e. The van der Waals surface area contributed by atoms with E-state index in [1.165, 1.54) is 51.6 Å². The van der Waals surface area contributed by atoms with Gasteiger partial charge in [-0.15, -0.1) is 0 Å². The number of hydrogen-bond donors (Lipinski definition) is 3. The van der Waals surface area contributed by atoms with Crippen molar-refractivity contribution < 1.29 is 27.5 Å². The van der Waals surface area contributed by atoms with Crippen LogP contribution in [0, 0.1) is 18.8 Å². The Hall–Kier alpha value is -8.81. The molecule has 0 spiro atoms. The van der Waals surface area contributed by atoms with E-state index in [9.17, 15) is 18.0 Å². The normalized spacial score (nSPS) is 14.1. The fourth-order valence-corrected chi connectivity index (χ4v) is 12.4. The molecule has 1 amide bonds. The summed E-state index contributed by atoms with van der Waals surface area (Å²) in [7, 11) is -3.82. The third kappa shape index (κ3) is 13.0. The van der Waals surface area contributed by atoms with Gasteiger partial charge in [-0.2, -0.15) is 0 Å². The summed E-state index contributed by atoms with van der Waals surface area (Å²) in [6.45, 7) is 17.0. The number of rotatable bonds is 16. The molecule has 2 aliphatic rings. The van der Waals surface area contributed by atoms with Crippen molar-refractivity contribution in [2.24, 2.45) is 11.8 Å². The number of aromatic amines is 2. The number of hydrogen-bond acceptors (Lipinski definition) is 11. The zero-order valence-corrected chi connectivity index (χ0v) is 50.7. The van der Waals surface area contributed by atoms with E-state index in [0.29, 0.717) is 46.9 Å². The molecule has 13 rings (SSSR count). The number of carbonyl (C=O) groups is 2. The lowest BCUT2D eigenvalue weighted by molar-refractivity contribution is 0.0163. The molecule has 0 radical (unpaired) electrons. The molecule has 11 aromatic rings. The second-order valence-corrected chi connectivity index (χ2v) is 27.0.